The van der Waals surface area contributed by atoms with Gasteiger partial charge in [-0.3, -0.25) is 14.9 Å². The summed E-state index contributed by atoms with van der Waals surface area (Å²) in [6.45, 7) is 5.69. The number of nitro groups is 1. The second kappa shape index (κ2) is 4.95. The predicted molar refractivity (Wildman–Crippen MR) is 64.9 cm³/mol. The fourth-order valence-corrected chi connectivity index (χ4v) is 1.29. The van der Waals surface area contributed by atoms with E-state index in [1.165, 1.54) is 12.1 Å². The van der Waals surface area contributed by atoms with Crippen LogP contribution in [0.2, 0.25) is 0 Å². The summed E-state index contributed by atoms with van der Waals surface area (Å²) in [4.78, 5) is 22.2. The van der Waals surface area contributed by atoms with Crippen LogP contribution in [-0.2, 0) is 0 Å². The van der Waals surface area contributed by atoms with Crippen molar-refractivity contribution < 1.29 is 9.72 Å². The van der Waals surface area contributed by atoms with E-state index in [1.807, 2.05) is 20.8 Å². The van der Waals surface area contributed by atoms with Crippen LogP contribution in [0.4, 0.5) is 5.69 Å². The number of hydrogen-bond acceptors (Lipinski definition) is 3. The zero-order valence-corrected chi connectivity index (χ0v) is 10.2. The molecule has 92 valence electrons. The third-order valence-corrected chi connectivity index (χ3v) is 2.68. The van der Waals surface area contributed by atoms with Gasteiger partial charge in [-0.1, -0.05) is 19.1 Å². The Kier molecular flexibility index (Phi) is 3.83. The van der Waals surface area contributed by atoms with Crippen molar-refractivity contribution in [3.63, 3.8) is 0 Å². The molecule has 0 aliphatic carbocycles. The van der Waals surface area contributed by atoms with Crippen LogP contribution in [0.1, 0.15) is 37.6 Å². The van der Waals surface area contributed by atoms with E-state index in [2.05, 4.69) is 5.32 Å². The Labute approximate surface area is 100.0 Å². The van der Waals surface area contributed by atoms with E-state index in [0.717, 1.165) is 6.42 Å². The highest BCUT2D eigenvalue weighted by Gasteiger charge is 2.24. The van der Waals surface area contributed by atoms with Crippen molar-refractivity contribution in [2.45, 2.75) is 32.7 Å². The van der Waals surface area contributed by atoms with Crippen LogP contribution in [0.3, 0.4) is 0 Å². The third kappa shape index (κ3) is 3.27. The van der Waals surface area contributed by atoms with Crippen molar-refractivity contribution in [1.82, 2.24) is 5.32 Å². The molecule has 0 aliphatic rings. The lowest BCUT2D eigenvalue weighted by Gasteiger charge is -2.24. The number of rotatable bonds is 4. The average Bonchev–Trinajstić information content (AvgIpc) is 2.28. The summed E-state index contributed by atoms with van der Waals surface area (Å²) in [6.07, 6.45) is 0.749. The molecule has 0 fully saturated rings. The van der Waals surface area contributed by atoms with Crippen LogP contribution in [-0.4, -0.2) is 16.4 Å². The van der Waals surface area contributed by atoms with Gasteiger partial charge in [0.05, 0.1) is 4.92 Å². The maximum Gasteiger partial charge on any atom is 0.282 e. The molecule has 0 aromatic heterocycles. The number of carbonyl (C=O) groups excluding carboxylic acids is 1. The van der Waals surface area contributed by atoms with Gasteiger partial charge in [-0.25, -0.2) is 0 Å². The maximum absolute atomic E-state index is 11.9. The van der Waals surface area contributed by atoms with Crippen molar-refractivity contribution in [2.24, 2.45) is 0 Å². The number of para-hydroxylation sites is 1. The normalized spacial score (nSPS) is 11.0. The summed E-state index contributed by atoms with van der Waals surface area (Å²) in [6, 6.07) is 5.94. The molecule has 0 unspecified atom stereocenters. The van der Waals surface area contributed by atoms with E-state index in [0.29, 0.717) is 0 Å². The fourth-order valence-electron chi connectivity index (χ4n) is 1.29. The Morgan fingerprint density at radius 1 is 1.41 bits per heavy atom. The van der Waals surface area contributed by atoms with Crippen LogP contribution in [0.15, 0.2) is 24.3 Å². The van der Waals surface area contributed by atoms with Crippen molar-refractivity contribution in [1.29, 1.82) is 0 Å². The zero-order valence-electron chi connectivity index (χ0n) is 10.2. The second-order valence-electron chi connectivity index (χ2n) is 4.47. The molecule has 17 heavy (non-hydrogen) atoms. The molecular weight excluding hydrogens is 220 g/mol. The number of nitrogens with one attached hydrogen (secondary N) is 1. The van der Waals surface area contributed by atoms with Gasteiger partial charge in [0.15, 0.2) is 0 Å². The lowest BCUT2D eigenvalue weighted by atomic mass is 10.0. The molecule has 1 aromatic carbocycles. The summed E-state index contributed by atoms with van der Waals surface area (Å²) in [5, 5.41) is 13.6. The molecule has 0 aliphatic heterocycles. The van der Waals surface area contributed by atoms with Crippen LogP contribution in [0.25, 0.3) is 0 Å². The highest BCUT2D eigenvalue weighted by Crippen LogP contribution is 2.19. The van der Waals surface area contributed by atoms with Gasteiger partial charge in [0.25, 0.3) is 11.6 Å². The average molecular weight is 236 g/mol. The number of carbonyl (C=O) groups is 1. The van der Waals surface area contributed by atoms with Crippen molar-refractivity contribution in [3.8, 4) is 0 Å². The molecule has 5 nitrogen and oxygen atoms in total. The van der Waals surface area contributed by atoms with E-state index in [4.69, 9.17) is 0 Å². The minimum absolute atomic E-state index is 0.0963. The lowest BCUT2D eigenvalue weighted by molar-refractivity contribution is -0.385. The van der Waals surface area contributed by atoms with Crippen LogP contribution in [0, 0.1) is 10.1 Å². The molecule has 0 saturated heterocycles. The maximum atomic E-state index is 11.9. The highest BCUT2D eigenvalue weighted by atomic mass is 16.6. The summed E-state index contributed by atoms with van der Waals surface area (Å²) in [5.74, 6) is -0.413. The first-order valence-electron chi connectivity index (χ1n) is 5.43. The van der Waals surface area contributed by atoms with Crippen LogP contribution in [0.5, 0.6) is 0 Å². The molecule has 1 amide bonds. The largest absolute Gasteiger partial charge is 0.347 e. The summed E-state index contributed by atoms with van der Waals surface area (Å²) >= 11 is 0. The number of amides is 1. The van der Waals surface area contributed by atoms with Gasteiger partial charge in [-0.15, -0.1) is 0 Å². The molecule has 1 rings (SSSR count). The number of nitrogens with zero attached hydrogens (tertiary/aromatic N) is 1. The smallest absolute Gasteiger partial charge is 0.282 e. The van der Waals surface area contributed by atoms with Gasteiger partial charge >= 0.3 is 0 Å². The summed E-state index contributed by atoms with van der Waals surface area (Å²) in [5.41, 5.74) is -0.447. The first-order valence-corrected chi connectivity index (χ1v) is 5.43. The summed E-state index contributed by atoms with van der Waals surface area (Å²) < 4.78 is 0. The molecule has 1 aromatic rings. The summed E-state index contributed by atoms with van der Waals surface area (Å²) in [7, 11) is 0. The molecular formula is C12H16N2O3. The topological polar surface area (TPSA) is 72.2 Å². The molecule has 0 spiro atoms. The van der Waals surface area contributed by atoms with Crippen LogP contribution >= 0.6 is 0 Å². The Balaban J connectivity index is 3.01. The van der Waals surface area contributed by atoms with E-state index in [-0.39, 0.29) is 16.8 Å². The minimum atomic E-state index is -0.548. The fraction of sp³-hybridized carbons (Fsp3) is 0.417. The molecule has 1 N–H and O–H groups in total. The zero-order chi connectivity index (χ0) is 13.1. The lowest BCUT2D eigenvalue weighted by Crippen LogP contribution is -2.42. The molecule has 5 heteroatoms. The first kappa shape index (κ1) is 13.2. The molecule has 0 heterocycles. The van der Waals surface area contributed by atoms with Crippen molar-refractivity contribution >= 4 is 11.6 Å². The Morgan fingerprint density at radius 3 is 2.53 bits per heavy atom. The molecule has 0 radical (unpaired) electrons. The first-order chi connectivity index (χ1) is 7.87. The highest BCUT2D eigenvalue weighted by molar-refractivity contribution is 5.98. The molecule has 0 atom stereocenters. The molecule has 0 bridgehead atoms. The number of hydrogen-bond donors (Lipinski definition) is 1. The Hall–Kier alpha value is -1.91. The quantitative estimate of drug-likeness (QED) is 0.644. The van der Waals surface area contributed by atoms with Crippen LogP contribution < -0.4 is 5.32 Å². The van der Waals surface area contributed by atoms with Crippen molar-refractivity contribution in [2.75, 3.05) is 0 Å². The van der Waals surface area contributed by atoms with Gasteiger partial charge in [0.1, 0.15) is 5.56 Å². The van der Waals surface area contributed by atoms with Gasteiger partial charge < -0.3 is 5.32 Å². The van der Waals surface area contributed by atoms with E-state index < -0.39 is 10.8 Å². The monoisotopic (exact) mass is 236 g/mol. The predicted octanol–water partition coefficient (Wildman–Crippen LogP) is 2.51. The number of benzene rings is 1. The van der Waals surface area contributed by atoms with E-state index in [1.54, 1.807) is 12.1 Å². The Bertz CT molecular complexity index is 441. The van der Waals surface area contributed by atoms with Gasteiger partial charge in [-0.05, 0) is 26.3 Å². The van der Waals surface area contributed by atoms with Gasteiger partial charge in [-0.2, -0.15) is 0 Å². The van der Waals surface area contributed by atoms with Gasteiger partial charge in [0, 0.05) is 11.6 Å². The second-order valence-corrected chi connectivity index (χ2v) is 4.47. The number of nitro benzene ring substituents is 1. The molecule has 0 saturated carbocycles. The van der Waals surface area contributed by atoms with Gasteiger partial charge in [0.2, 0.25) is 0 Å². The van der Waals surface area contributed by atoms with E-state index >= 15 is 0 Å². The van der Waals surface area contributed by atoms with E-state index in [9.17, 15) is 14.9 Å². The Morgan fingerprint density at radius 2 is 2.00 bits per heavy atom. The third-order valence-electron chi connectivity index (χ3n) is 2.68. The SMILES string of the molecule is CCC(C)(C)NC(=O)c1ccccc1[N+](=O)[O-]. The standard InChI is InChI=1S/C12H16N2O3/c1-4-12(2,3)13-11(15)9-7-5-6-8-10(9)14(16)17/h5-8H,4H2,1-3H3,(H,13,15). The van der Waals surface area contributed by atoms with Crippen molar-refractivity contribution in [3.05, 3.63) is 39.9 Å². The minimum Gasteiger partial charge on any atom is -0.347 e.